The lowest BCUT2D eigenvalue weighted by atomic mass is 9.71. The van der Waals surface area contributed by atoms with E-state index in [4.69, 9.17) is 21.1 Å². The van der Waals surface area contributed by atoms with Gasteiger partial charge in [0.15, 0.2) is 6.35 Å². The lowest BCUT2D eigenvalue weighted by molar-refractivity contribution is -0.138. The predicted molar refractivity (Wildman–Crippen MR) is 152 cm³/mol. The molecule has 1 spiro atoms. The molecule has 7 unspecified atom stereocenters. The van der Waals surface area contributed by atoms with Crippen LogP contribution in [0.3, 0.4) is 0 Å². The third-order valence-electron chi connectivity index (χ3n) is 9.86. The summed E-state index contributed by atoms with van der Waals surface area (Å²) in [6.07, 6.45) is 6.34. The molecular formula is C30H41ClN6O3. The van der Waals surface area contributed by atoms with Gasteiger partial charge in [-0.3, -0.25) is 20.3 Å². The first kappa shape index (κ1) is 28.0. The molecule has 1 aromatic rings. The third-order valence-corrected chi connectivity index (χ3v) is 10.5. The van der Waals surface area contributed by atoms with Crippen LogP contribution in [0.2, 0.25) is 0 Å². The van der Waals surface area contributed by atoms with Crippen molar-refractivity contribution < 1.29 is 14.3 Å². The van der Waals surface area contributed by atoms with E-state index in [9.17, 15) is 10.1 Å². The monoisotopic (exact) mass is 568 g/mol. The number of hydrogen-bond acceptors (Lipinski definition) is 8. The molecule has 3 saturated heterocycles. The van der Waals surface area contributed by atoms with Gasteiger partial charge in [-0.05, 0) is 51.4 Å². The lowest BCUT2D eigenvalue weighted by Gasteiger charge is -2.55. The lowest BCUT2D eigenvalue weighted by Crippen LogP contribution is -2.73. The molecule has 10 heteroatoms. The third kappa shape index (κ3) is 5.15. The Morgan fingerprint density at radius 1 is 1.27 bits per heavy atom. The highest BCUT2D eigenvalue weighted by atomic mass is 35.5. The Kier molecular flexibility index (Phi) is 8.10. The number of nitrogens with zero attached hydrogens (tertiary/aromatic N) is 4. The van der Waals surface area contributed by atoms with Crippen LogP contribution in [-0.4, -0.2) is 96.7 Å². The van der Waals surface area contributed by atoms with Crippen LogP contribution in [0.25, 0.3) is 0 Å². The second kappa shape index (κ2) is 11.6. The van der Waals surface area contributed by atoms with Gasteiger partial charge in [0.1, 0.15) is 16.7 Å². The number of rotatable bonds is 6. The minimum Gasteiger partial charge on any atom is -0.485 e. The zero-order chi connectivity index (χ0) is 27.9. The molecule has 8 atom stereocenters. The minimum absolute atomic E-state index is 0.0506. The summed E-state index contributed by atoms with van der Waals surface area (Å²) in [7, 11) is 2.17. The maximum atomic E-state index is 12.5. The molecule has 40 heavy (non-hydrogen) atoms. The fourth-order valence-electron chi connectivity index (χ4n) is 7.67. The molecule has 0 aromatic heterocycles. The fraction of sp³-hybridized carbons (Fsp3) is 0.667. The largest absolute Gasteiger partial charge is 0.485 e. The summed E-state index contributed by atoms with van der Waals surface area (Å²) in [6, 6.07) is 10.8. The van der Waals surface area contributed by atoms with Gasteiger partial charge < -0.3 is 19.3 Å². The van der Waals surface area contributed by atoms with Gasteiger partial charge in [-0.25, -0.2) is 0 Å². The fourth-order valence-corrected chi connectivity index (χ4v) is 8.09. The Morgan fingerprint density at radius 2 is 2.12 bits per heavy atom. The number of likely N-dealkylation sites (N-methyl/N-ethyl adjacent to an activating group) is 1. The maximum Gasteiger partial charge on any atom is 0.246 e. The van der Waals surface area contributed by atoms with E-state index in [1.54, 1.807) is 4.90 Å². The van der Waals surface area contributed by atoms with Crippen LogP contribution in [0.4, 0.5) is 0 Å². The second-order valence-corrected chi connectivity index (χ2v) is 12.5. The molecule has 0 radical (unpaired) electrons. The number of nitriles is 1. The van der Waals surface area contributed by atoms with Gasteiger partial charge >= 0.3 is 0 Å². The number of nitrogens with one attached hydrogen (secondary N) is 2. The molecule has 5 aliphatic rings. The summed E-state index contributed by atoms with van der Waals surface area (Å²) in [5.41, 5.74) is 0.628. The van der Waals surface area contributed by atoms with E-state index < -0.39 is 5.60 Å². The Balaban J connectivity index is 1.22. The van der Waals surface area contributed by atoms with Crippen LogP contribution in [0.5, 0.6) is 5.75 Å². The molecule has 1 saturated carbocycles. The van der Waals surface area contributed by atoms with E-state index in [1.807, 2.05) is 18.2 Å². The van der Waals surface area contributed by atoms with Crippen molar-refractivity contribution in [1.29, 1.82) is 5.26 Å². The van der Waals surface area contributed by atoms with Gasteiger partial charge in [-0.2, -0.15) is 5.26 Å². The van der Waals surface area contributed by atoms with Gasteiger partial charge in [0.05, 0.1) is 31.3 Å². The molecule has 216 valence electrons. The molecule has 4 heterocycles. The number of hydrogen-bond donors (Lipinski definition) is 2. The maximum absolute atomic E-state index is 12.5. The first-order valence-electron chi connectivity index (χ1n) is 14.7. The van der Waals surface area contributed by atoms with Crippen molar-refractivity contribution in [2.75, 3.05) is 39.8 Å². The zero-order valence-electron chi connectivity index (χ0n) is 23.3. The normalized spacial score (nSPS) is 37.9. The molecule has 0 bridgehead atoms. The number of para-hydroxylation sites is 1. The van der Waals surface area contributed by atoms with Crippen molar-refractivity contribution in [3.8, 4) is 11.8 Å². The quantitative estimate of drug-likeness (QED) is 0.400. The van der Waals surface area contributed by atoms with Crippen LogP contribution < -0.4 is 15.4 Å². The Bertz CT molecular complexity index is 1150. The van der Waals surface area contributed by atoms with E-state index >= 15 is 0 Å². The van der Waals surface area contributed by atoms with Crippen LogP contribution in [0.1, 0.15) is 49.5 Å². The average molecular weight is 569 g/mol. The number of alkyl halides is 1. The number of amides is 1. The standard InChI is InChI=1S/C30H41ClN6O3/c1-3-26(38)37-16-15-36(18-20(37)11-13-32)28-22-10-12-30(27(31)23-8-4-5-9-25(23)40-30)17-24(22)33-29(34-28)39-19-21-7-6-14-35(21)2/h3-5,8-9,20-22,24,27-29,33-34H,1,6-7,10-12,14-19H2,2H3/t20?,21?,22?,24?,27?,28?,29?,30-/m1/s1. The van der Waals surface area contributed by atoms with Gasteiger partial charge in [-0.15, -0.1) is 11.6 Å². The van der Waals surface area contributed by atoms with Crippen molar-refractivity contribution in [3.63, 3.8) is 0 Å². The number of halogens is 1. The van der Waals surface area contributed by atoms with Gasteiger partial charge in [-0.1, -0.05) is 24.8 Å². The van der Waals surface area contributed by atoms with Crippen molar-refractivity contribution in [2.24, 2.45) is 5.92 Å². The smallest absolute Gasteiger partial charge is 0.246 e. The first-order valence-corrected chi connectivity index (χ1v) is 15.2. The van der Waals surface area contributed by atoms with Crippen molar-refractivity contribution in [3.05, 3.63) is 42.5 Å². The summed E-state index contributed by atoms with van der Waals surface area (Å²) in [6.45, 7) is 7.38. The molecule has 1 amide bonds. The van der Waals surface area contributed by atoms with Crippen molar-refractivity contribution in [2.45, 2.75) is 80.1 Å². The first-order chi connectivity index (χ1) is 19.4. The van der Waals surface area contributed by atoms with E-state index in [0.717, 1.165) is 50.1 Å². The number of benzene rings is 1. The minimum atomic E-state index is -0.448. The van der Waals surface area contributed by atoms with Crippen LogP contribution >= 0.6 is 11.6 Å². The van der Waals surface area contributed by atoms with E-state index in [2.05, 4.69) is 46.2 Å². The van der Waals surface area contributed by atoms with Crippen molar-refractivity contribution in [1.82, 2.24) is 25.3 Å². The van der Waals surface area contributed by atoms with Crippen LogP contribution in [-0.2, 0) is 9.53 Å². The molecule has 9 nitrogen and oxygen atoms in total. The Hall–Kier alpha value is -2.19. The molecule has 1 aromatic carbocycles. The topological polar surface area (TPSA) is 93.1 Å². The van der Waals surface area contributed by atoms with Gasteiger partial charge in [0.25, 0.3) is 0 Å². The van der Waals surface area contributed by atoms with Gasteiger partial charge in [0.2, 0.25) is 5.91 Å². The molecule has 4 aliphatic heterocycles. The molecule has 6 rings (SSSR count). The van der Waals surface area contributed by atoms with E-state index in [0.29, 0.717) is 38.1 Å². The second-order valence-electron chi connectivity index (χ2n) is 12.1. The summed E-state index contributed by atoms with van der Waals surface area (Å²) in [5, 5.41) is 16.9. The number of piperazine rings is 1. The number of fused-ring (bicyclic) bond motifs is 2. The molecule has 4 fully saturated rings. The number of likely N-dealkylation sites (tertiary alicyclic amines) is 1. The zero-order valence-corrected chi connectivity index (χ0v) is 24.1. The number of ether oxygens (including phenoxy) is 2. The summed E-state index contributed by atoms with van der Waals surface area (Å²) in [4.78, 5) is 19.1. The Labute approximate surface area is 242 Å². The highest BCUT2D eigenvalue weighted by molar-refractivity contribution is 6.22. The van der Waals surface area contributed by atoms with Crippen LogP contribution in [0.15, 0.2) is 36.9 Å². The molecule has 1 aliphatic carbocycles. The highest BCUT2D eigenvalue weighted by Crippen LogP contribution is 2.54. The van der Waals surface area contributed by atoms with Crippen LogP contribution in [0, 0.1) is 17.2 Å². The average Bonchev–Trinajstić information content (AvgIpc) is 3.50. The van der Waals surface area contributed by atoms with E-state index in [-0.39, 0.29) is 35.9 Å². The summed E-state index contributed by atoms with van der Waals surface area (Å²) in [5.74, 6) is 1.09. The number of carbonyl (C=O) groups is 1. The molecular weight excluding hydrogens is 528 g/mol. The summed E-state index contributed by atoms with van der Waals surface area (Å²) < 4.78 is 13.1. The molecule has 2 N–H and O–H groups in total. The predicted octanol–water partition coefficient (Wildman–Crippen LogP) is 2.79. The van der Waals surface area contributed by atoms with Crippen molar-refractivity contribution >= 4 is 17.5 Å². The Morgan fingerprint density at radius 3 is 2.88 bits per heavy atom. The van der Waals surface area contributed by atoms with E-state index in [1.165, 1.54) is 12.5 Å². The SMILES string of the molecule is C=CC(=O)N1CCN(C2NC(OCC3CCCN3C)NC3C[C@@]4(CCC32)Oc2ccccc2C4Cl)CC1CC#N. The number of carbonyl (C=O) groups excluding carboxylic acids is 1. The highest BCUT2D eigenvalue weighted by Gasteiger charge is 2.56. The van der Waals surface area contributed by atoms with Gasteiger partial charge in [0, 0.05) is 49.6 Å². The summed E-state index contributed by atoms with van der Waals surface area (Å²) >= 11 is 7.12.